The zero-order valence-electron chi connectivity index (χ0n) is 10.2. The molecule has 2 aromatic heterocycles. The fourth-order valence-corrected chi connectivity index (χ4v) is 3.16. The van der Waals surface area contributed by atoms with Crippen LogP contribution in [-0.2, 0) is 26.1 Å². The van der Waals surface area contributed by atoms with Gasteiger partial charge in [-0.15, -0.1) is 17.9 Å². The molecule has 1 aliphatic heterocycles. The van der Waals surface area contributed by atoms with E-state index >= 15 is 0 Å². The van der Waals surface area contributed by atoms with Crippen LogP contribution in [0.3, 0.4) is 0 Å². The predicted octanol–water partition coefficient (Wildman–Crippen LogP) is 2.08. The number of hydrogen-bond donors (Lipinski definition) is 0. The second-order valence-corrected chi connectivity index (χ2v) is 5.41. The summed E-state index contributed by atoms with van der Waals surface area (Å²) >= 11 is 1.76. The first-order chi connectivity index (χ1) is 8.86. The van der Waals surface area contributed by atoms with Gasteiger partial charge in [-0.25, -0.2) is 9.97 Å². The van der Waals surface area contributed by atoms with Crippen LogP contribution in [0.2, 0.25) is 0 Å². The van der Waals surface area contributed by atoms with Crippen LogP contribution < -0.4 is 0 Å². The Kier molecular flexibility index (Phi) is 3.25. The molecule has 3 heterocycles. The fraction of sp³-hybridized carbons (Fsp3) is 0.385. The Morgan fingerprint density at radius 1 is 1.44 bits per heavy atom. The standard InChI is InChI=1S/C13H16N4S/c1-2-5-17-7-4-14-13(17)9-16-6-3-11-12(8-16)18-10-15-11/h2,4,7,10H,1,3,5-6,8-9H2. The van der Waals surface area contributed by atoms with Crippen molar-refractivity contribution in [2.75, 3.05) is 6.54 Å². The molecule has 0 atom stereocenters. The highest BCUT2D eigenvalue weighted by Gasteiger charge is 2.19. The summed E-state index contributed by atoms with van der Waals surface area (Å²) in [5.41, 5.74) is 3.23. The minimum Gasteiger partial charge on any atom is -0.330 e. The lowest BCUT2D eigenvalue weighted by molar-refractivity contribution is 0.238. The molecule has 0 amide bonds. The van der Waals surface area contributed by atoms with E-state index in [1.54, 1.807) is 11.3 Å². The third-order valence-corrected chi connectivity index (χ3v) is 4.11. The largest absolute Gasteiger partial charge is 0.330 e. The van der Waals surface area contributed by atoms with Crippen LogP contribution in [0.4, 0.5) is 0 Å². The second-order valence-electron chi connectivity index (χ2n) is 4.47. The SMILES string of the molecule is C=CCn1ccnc1CN1CCc2ncsc2C1. The lowest BCUT2D eigenvalue weighted by Gasteiger charge is -2.25. The minimum absolute atomic E-state index is 0.828. The number of allylic oxidation sites excluding steroid dienone is 1. The molecule has 0 radical (unpaired) electrons. The summed E-state index contributed by atoms with van der Waals surface area (Å²) in [7, 11) is 0. The van der Waals surface area contributed by atoms with Gasteiger partial charge in [-0.05, 0) is 0 Å². The number of hydrogen-bond acceptors (Lipinski definition) is 4. The zero-order chi connectivity index (χ0) is 12.4. The van der Waals surface area contributed by atoms with Crippen molar-refractivity contribution >= 4 is 11.3 Å². The topological polar surface area (TPSA) is 34.0 Å². The van der Waals surface area contributed by atoms with Crippen molar-refractivity contribution < 1.29 is 0 Å². The number of aromatic nitrogens is 3. The van der Waals surface area contributed by atoms with Gasteiger partial charge in [-0.2, -0.15) is 0 Å². The molecule has 0 saturated heterocycles. The number of thiazole rings is 1. The van der Waals surface area contributed by atoms with E-state index in [2.05, 4.69) is 26.0 Å². The van der Waals surface area contributed by atoms with Gasteiger partial charge in [-0.3, -0.25) is 4.90 Å². The minimum atomic E-state index is 0.828. The second kappa shape index (κ2) is 5.04. The van der Waals surface area contributed by atoms with Crippen molar-refractivity contribution in [3.05, 3.63) is 47.0 Å². The van der Waals surface area contributed by atoms with Crippen molar-refractivity contribution in [3.8, 4) is 0 Å². The third kappa shape index (κ3) is 2.23. The number of rotatable bonds is 4. The third-order valence-electron chi connectivity index (χ3n) is 3.25. The molecule has 0 saturated carbocycles. The molecule has 0 bridgehead atoms. The number of nitrogens with zero attached hydrogens (tertiary/aromatic N) is 4. The summed E-state index contributed by atoms with van der Waals surface area (Å²) in [4.78, 5) is 12.7. The highest BCUT2D eigenvalue weighted by molar-refractivity contribution is 7.09. The van der Waals surface area contributed by atoms with Gasteiger partial charge in [-0.1, -0.05) is 6.08 Å². The molecule has 0 aromatic carbocycles. The lowest BCUT2D eigenvalue weighted by atomic mass is 10.2. The summed E-state index contributed by atoms with van der Waals surface area (Å²) in [5.74, 6) is 1.11. The Morgan fingerprint density at radius 2 is 2.39 bits per heavy atom. The van der Waals surface area contributed by atoms with Crippen molar-refractivity contribution in [2.24, 2.45) is 0 Å². The average Bonchev–Trinajstić information content (AvgIpc) is 2.99. The summed E-state index contributed by atoms with van der Waals surface area (Å²) in [5, 5.41) is 0. The van der Waals surface area contributed by atoms with E-state index in [4.69, 9.17) is 0 Å². The Morgan fingerprint density at radius 3 is 3.28 bits per heavy atom. The van der Waals surface area contributed by atoms with Crippen LogP contribution in [0.1, 0.15) is 16.4 Å². The summed E-state index contributed by atoms with van der Waals surface area (Å²) in [6, 6.07) is 0. The zero-order valence-corrected chi connectivity index (χ0v) is 11.1. The normalized spacial score (nSPS) is 15.6. The van der Waals surface area contributed by atoms with E-state index in [-0.39, 0.29) is 0 Å². The monoisotopic (exact) mass is 260 g/mol. The predicted molar refractivity (Wildman–Crippen MR) is 72.4 cm³/mol. The number of imidazole rings is 1. The molecule has 0 fully saturated rings. The van der Waals surface area contributed by atoms with Gasteiger partial charge < -0.3 is 4.57 Å². The van der Waals surface area contributed by atoms with Crippen molar-refractivity contribution in [1.29, 1.82) is 0 Å². The molecule has 18 heavy (non-hydrogen) atoms. The van der Waals surface area contributed by atoms with Crippen LogP contribution in [0.25, 0.3) is 0 Å². The highest BCUT2D eigenvalue weighted by atomic mass is 32.1. The molecule has 94 valence electrons. The van der Waals surface area contributed by atoms with E-state index in [1.165, 1.54) is 10.6 Å². The molecule has 4 nitrogen and oxygen atoms in total. The Bertz CT molecular complexity index is 543. The maximum absolute atomic E-state index is 4.43. The van der Waals surface area contributed by atoms with Crippen LogP contribution in [0.5, 0.6) is 0 Å². The van der Waals surface area contributed by atoms with Crippen LogP contribution in [-0.4, -0.2) is 26.0 Å². The molecule has 0 spiro atoms. The molecule has 0 aliphatic carbocycles. The molecule has 1 aliphatic rings. The average molecular weight is 260 g/mol. The van der Waals surface area contributed by atoms with Crippen molar-refractivity contribution in [1.82, 2.24) is 19.4 Å². The molecular weight excluding hydrogens is 244 g/mol. The molecule has 0 unspecified atom stereocenters. The molecule has 3 rings (SSSR count). The van der Waals surface area contributed by atoms with Gasteiger partial charge in [0.25, 0.3) is 0 Å². The summed E-state index contributed by atoms with van der Waals surface area (Å²) < 4.78 is 2.15. The van der Waals surface area contributed by atoms with E-state index in [9.17, 15) is 0 Å². The van der Waals surface area contributed by atoms with Gasteiger partial charge in [0.05, 0.1) is 17.7 Å². The first kappa shape index (κ1) is 11.6. The highest BCUT2D eigenvalue weighted by Crippen LogP contribution is 2.22. The van der Waals surface area contributed by atoms with Crippen LogP contribution in [0.15, 0.2) is 30.6 Å². The van der Waals surface area contributed by atoms with Gasteiger partial charge in [0.1, 0.15) is 5.82 Å². The number of fused-ring (bicyclic) bond motifs is 1. The maximum atomic E-state index is 4.43. The Balaban J connectivity index is 1.70. The molecule has 5 heteroatoms. The molecule has 0 N–H and O–H groups in total. The first-order valence-electron chi connectivity index (χ1n) is 6.11. The van der Waals surface area contributed by atoms with Gasteiger partial charge in [0.2, 0.25) is 0 Å². The van der Waals surface area contributed by atoms with E-state index in [0.717, 1.165) is 38.4 Å². The Hall–Kier alpha value is -1.46. The van der Waals surface area contributed by atoms with Crippen molar-refractivity contribution in [3.63, 3.8) is 0 Å². The maximum Gasteiger partial charge on any atom is 0.123 e. The van der Waals surface area contributed by atoms with Crippen LogP contribution in [0, 0.1) is 0 Å². The molecule has 2 aromatic rings. The van der Waals surface area contributed by atoms with Crippen molar-refractivity contribution in [2.45, 2.75) is 26.1 Å². The van der Waals surface area contributed by atoms with Crippen LogP contribution >= 0.6 is 11.3 Å². The summed E-state index contributed by atoms with van der Waals surface area (Å²) in [6.45, 7) is 7.57. The Labute approximate surface area is 111 Å². The van der Waals surface area contributed by atoms with Gasteiger partial charge >= 0.3 is 0 Å². The van der Waals surface area contributed by atoms with E-state index in [0.29, 0.717) is 0 Å². The van der Waals surface area contributed by atoms with E-state index < -0.39 is 0 Å². The molecular formula is C13H16N4S. The van der Waals surface area contributed by atoms with Gasteiger partial charge in [0, 0.05) is 43.3 Å². The lowest BCUT2D eigenvalue weighted by Crippen LogP contribution is -2.30. The summed E-state index contributed by atoms with van der Waals surface area (Å²) in [6.07, 6.45) is 6.84. The smallest absolute Gasteiger partial charge is 0.123 e. The van der Waals surface area contributed by atoms with Gasteiger partial charge in [0.15, 0.2) is 0 Å². The quantitative estimate of drug-likeness (QED) is 0.789. The van der Waals surface area contributed by atoms with E-state index in [1.807, 2.05) is 24.0 Å². The fourth-order valence-electron chi connectivity index (χ4n) is 2.30. The first-order valence-corrected chi connectivity index (χ1v) is 6.99.